The minimum Gasteiger partial charge on any atom is -0.352 e. The highest BCUT2D eigenvalue weighted by atomic mass is 16.2. The van der Waals surface area contributed by atoms with Crippen LogP contribution in [0.3, 0.4) is 0 Å². The average molecular weight is 276 g/mol. The Balaban J connectivity index is 2.65. The Hall–Kier alpha value is -1.84. The molecule has 0 aliphatic rings. The van der Waals surface area contributed by atoms with E-state index in [2.05, 4.69) is 10.6 Å². The number of rotatable bonds is 4. The van der Waals surface area contributed by atoms with Gasteiger partial charge in [0.25, 0.3) is 0 Å². The first kappa shape index (κ1) is 16.2. The predicted molar refractivity (Wildman–Crippen MR) is 81.2 cm³/mol. The molecule has 0 bridgehead atoms. The van der Waals surface area contributed by atoms with E-state index in [-0.39, 0.29) is 17.7 Å². The first-order chi connectivity index (χ1) is 9.20. The fourth-order valence-corrected chi connectivity index (χ4v) is 1.49. The molecule has 4 heteroatoms. The highest BCUT2D eigenvalue weighted by molar-refractivity contribution is 5.92. The molecule has 20 heavy (non-hydrogen) atoms. The van der Waals surface area contributed by atoms with Crippen LogP contribution in [0.25, 0.3) is 0 Å². The third-order valence-corrected chi connectivity index (χ3v) is 2.85. The molecule has 110 valence electrons. The first-order valence-electron chi connectivity index (χ1n) is 6.88. The fraction of sp³-hybridized carbons (Fsp3) is 0.500. The van der Waals surface area contributed by atoms with Crippen LogP contribution in [0.5, 0.6) is 0 Å². The number of anilines is 1. The molecule has 1 aromatic carbocycles. The lowest BCUT2D eigenvalue weighted by Gasteiger charge is -2.18. The van der Waals surface area contributed by atoms with Gasteiger partial charge in [0, 0.05) is 23.6 Å². The molecule has 4 nitrogen and oxygen atoms in total. The van der Waals surface area contributed by atoms with Crippen molar-refractivity contribution in [3.63, 3.8) is 0 Å². The number of hydrogen-bond acceptors (Lipinski definition) is 2. The minimum atomic E-state index is -0.399. The monoisotopic (exact) mass is 276 g/mol. The highest BCUT2D eigenvalue weighted by Gasteiger charge is 2.20. The van der Waals surface area contributed by atoms with E-state index in [1.165, 1.54) is 0 Å². The van der Waals surface area contributed by atoms with E-state index in [9.17, 15) is 9.59 Å². The summed E-state index contributed by atoms with van der Waals surface area (Å²) in [4.78, 5) is 23.4. The lowest BCUT2D eigenvalue weighted by atomic mass is 9.95. The predicted octanol–water partition coefficient (Wildman–Crippen LogP) is 2.94. The van der Waals surface area contributed by atoms with E-state index >= 15 is 0 Å². The van der Waals surface area contributed by atoms with E-state index in [1.807, 2.05) is 58.9 Å². The van der Waals surface area contributed by atoms with Crippen LogP contribution in [0.15, 0.2) is 24.3 Å². The summed E-state index contributed by atoms with van der Waals surface area (Å²) in [6.07, 6.45) is 0. The molecule has 0 fully saturated rings. The van der Waals surface area contributed by atoms with Crippen molar-refractivity contribution >= 4 is 17.5 Å². The molecule has 0 heterocycles. The molecular formula is C16H24N2O2. The quantitative estimate of drug-likeness (QED) is 0.888. The number of nitrogens with one attached hydrogen (secondary N) is 2. The molecule has 0 aromatic heterocycles. The van der Waals surface area contributed by atoms with Gasteiger partial charge in [-0.15, -0.1) is 0 Å². The van der Waals surface area contributed by atoms with Gasteiger partial charge >= 0.3 is 0 Å². The summed E-state index contributed by atoms with van der Waals surface area (Å²) >= 11 is 0. The SMILES string of the molecule is CC(C)C(=O)Nc1cccc(CNC(=O)C(C)(C)C)c1. The van der Waals surface area contributed by atoms with E-state index in [0.29, 0.717) is 6.54 Å². The van der Waals surface area contributed by atoms with Gasteiger partial charge in [-0.05, 0) is 17.7 Å². The van der Waals surface area contributed by atoms with Gasteiger partial charge in [0.1, 0.15) is 0 Å². The summed E-state index contributed by atoms with van der Waals surface area (Å²) in [5.41, 5.74) is 1.32. The van der Waals surface area contributed by atoms with Crippen LogP contribution in [-0.4, -0.2) is 11.8 Å². The Bertz CT molecular complexity index is 487. The van der Waals surface area contributed by atoms with E-state index in [0.717, 1.165) is 11.3 Å². The van der Waals surface area contributed by atoms with Crippen LogP contribution in [-0.2, 0) is 16.1 Å². The van der Waals surface area contributed by atoms with Crippen LogP contribution < -0.4 is 10.6 Å². The van der Waals surface area contributed by atoms with Gasteiger partial charge in [-0.25, -0.2) is 0 Å². The van der Waals surface area contributed by atoms with Gasteiger partial charge < -0.3 is 10.6 Å². The highest BCUT2D eigenvalue weighted by Crippen LogP contribution is 2.15. The summed E-state index contributed by atoms with van der Waals surface area (Å²) in [7, 11) is 0. The third-order valence-electron chi connectivity index (χ3n) is 2.85. The van der Waals surface area contributed by atoms with E-state index < -0.39 is 5.41 Å². The number of amides is 2. The lowest BCUT2D eigenvalue weighted by Crippen LogP contribution is -2.34. The van der Waals surface area contributed by atoms with Crippen molar-refractivity contribution < 1.29 is 9.59 Å². The normalized spacial score (nSPS) is 11.3. The zero-order valence-corrected chi connectivity index (χ0v) is 12.9. The van der Waals surface area contributed by atoms with Gasteiger partial charge in [-0.1, -0.05) is 46.8 Å². The van der Waals surface area contributed by atoms with Crippen molar-refractivity contribution in [2.24, 2.45) is 11.3 Å². The van der Waals surface area contributed by atoms with Crippen LogP contribution in [0, 0.1) is 11.3 Å². The molecule has 0 spiro atoms. The third kappa shape index (κ3) is 5.03. The van der Waals surface area contributed by atoms with Crippen LogP contribution in [0.1, 0.15) is 40.2 Å². The van der Waals surface area contributed by atoms with E-state index in [4.69, 9.17) is 0 Å². The van der Waals surface area contributed by atoms with Gasteiger partial charge in [0.2, 0.25) is 11.8 Å². The van der Waals surface area contributed by atoms with Crippen molar-refractivity contribution in [2.75, 3.05) is 5.32 Å². The summed E-state index contributed by atoms with van der Waals surface area (Å²) in [6, 6.07) is 7.51. The number of carbonyl (C=O) groups is 2. The zero-order valence-electron chi connectivity index (χ0n) is 12.9. The largest absolute Gasteiger partial charge is 0.352 e. The standard InChI is InChI=1S/C16H24N2O2/c1-11(2)14(19)18-13-8-6-7-12(9-13)10-17-15(20)16(3,4)5/h6-9,11H,10H2,1-5H3,(H,17,20)(H,18,19). The van der Waals surface area contributed by atoms with Crippen molar-refractivity contribution in [1.82, 2.24) is 5.32 Å². The molecule has 1 aromatic rings. The molecule has 0 saturated heterocycles. The maximum Gasteiger partial charge on any atom is 0.226 e. The molecule has 0 radical (unpaired) electrons. The van der Waals surface area contributed by atoms with Crippen LogP contribution in [0.4, 0.5) is 5.69 Å². The minimum absolute atomic E-state index is 0.00844. The maximum absolute atomic E-state index is 11.8. The van der Waals surface area contributed by atoms with Gasteiger partial charge in [0.15, 0.2) is 0 Å². The Morgan fingerprint density at radius 2 is 1.85 bits per heavy atom. The van der Waals surface area contributed by atoms with Crippen molar-refractivity contribution in [1.29, 1.82) is 0 Å². The van der Waals surface area contributed by atoms with Gasteiger partial charge in [0.05, 0.1) is 0 Å². The summed E-state index contributed by atoms with van der Waals surface area (Å²) in [6.45, 7) is 9.79. The lowest BCUT2D eigenvalue weighted by molar-refractivity contribution is -0.128. The first-order valence-corrected chi connectivity index (χ1v) is 6.88. The summed E-state index contributed by atoms with van der Waals surface area (Å²) < 4.78 is 0. The van der Waals surface area contributed by atoms with Crippen molar-refractivity contribution in [3.8, 4) is 0 Å². The maximum atomic E-state index is 11.8. The molecule has 1 rings (SSSR count). The second-order valence-corrected chi connectivity index (χ2v) is 6.28. The summed E-state index contributed by atoms with van der Waals surface area (Å²) in [5, 5.41) is 5.74. The van der Waals surface area contributed by atoms with Crippen LogP contribution >= 0.6 is 0 Å². The Morgan fingerprint density at radius 3 is 2.40 bits per heavy atom. The second kappa shape index (κ2) is 6.55. The van der Waals surface area contributed by atoms with E-state index in [1.54, 1.807) is 0 Å². The molecular weight excluding hydrogens is 252 g/mol. The van der Waals surface area contributed by atoms with Gasteiger partial charge in [-0.2, -0.15) is 0 Å². The Morgan fingerprint density at radius 1 is 1.20 bits per heavy atom. The second-order valence-electron chi connectivity index (χ2n) is 6.28. The van der Waals surface area contributed by atoms with Crippen LogP contribution in [0.2, 0.25) is 0 Å². The summed E-state index contributed by atoms with van der Waals surface area (Å²) in [5.74, 6) is -0.0609. The number of benzene rings is 1. The Labute approximate surface area is 121 Å². The fourth-order valence-electron chi connectivity index (χ4n) is 1.49. The molecule has 0 unspecified atom stereocenters. The van der Waals surface area contributed by atoms with Gasteiger partial charge in [-0.3, -0.25) is 9.59 Å². The Kier molecular flexibility index (Phi) is 5.31. The zero-order chi connectivity index (χ0) is 15.3. The molecule has 0 saturated carbocycles. The average Bonchev–Trinajstić information content (AvgIpc) is 2.35. The van der Waals surface area contributed by atoms with Crippen molar-refractivity contribution in [3.05, 3.63) is 29.8 Å². The number of carbonyl (C=O) groups excluding carboxylic acids is 2. The molecule has 0 aliphatic carbocycles. The topological polar surface area (TPSA) is 58.2 Å². The molecule has 2 amide bonds. The number of hydrogen-bond donors (Lipinski definition) is 2. The molecule has 0 atom stereocenters. The smallest absolute Gasteiger partial charge is 0.226 e. The van der Waals surface area contributed by atoms with Crippen molar-refractivity contribution in [2.45, 2.75) is 41.2 Å². The molecule has 0 aliphatic heterocycles. The molecule has 2 N–H and O–H groups in total.